The lowest BCUT2D eigenvalue weighted by atomic mass is 9.98. The number of anilines is 1. The van der Waals surface area contributed by atoms with E-state index in [-0.39, 0.29) is 29.9 Å². The van der Waals surface area contributed by atoms with E-state index >= 15 is 0 Å². The molecule has 2 N–H and O–H groups in total. The number of ether oxygens (including phenoxy) is 3. The molecule has 2 aromatic carbocycles. The molecule has 1 aliphatic carbocycles. The third-order valence-electron chi connectivity index (χ3n) is 5.07. The highest BCUT2D eigenvalue weighted by atomic mass is 32.1. The van der Waals surface area contributed by atoms with Crippen molar-refractivity contribution in [2.45, 2.75) is 38.2 Å². The second kappa shape index (κ2) is 9.13. The molecule has 156 valence electrons. The first-order valence-electron chi connectivity index (χ1n) is 9.91. The Morgan fingerprint density at radius 2 is 1.63 bits per heavy atom. The van der Waals surface area contributed by atoms with E-state index in [1.165, 1.54) is 6.42 Å². The van der Waals surface area contributed by atoms with Crippen LogP contribution in [0.3, 0.4) is 0 Å². The normalized spacial score (nSPS) is 15.3. The van der Waals surface area contributed by atoms with Gasteiger partial charge in [0, 0.05) is 11.3 Å². The molecular weight excluding hydrogens is 404 g/mol. The molecule has 0 bridgehead atoms. The molecule has 30 heavy (non-hydrogen) atoms. The third kappa shape index (κ3) is 4.88. The number of thiocarbonyl (C=S) groups is 1. The number of hydrogen-bond donors (Lipinski definition) is 2. The average molecular weight is 426 g/mol. The SMILES string of the molecule is O=C(NC(=S)Nc1ccc(C(=O)OC2CCCCC2)cc1)c1ccc2c(c1)OCO2. The van der Waals surface area contributed by atoms with E-state index < -0.39 is 0 Å². The third-order valence-corrected chi connectivity index (χ3v) is 5.27. The van der Waals surface area contributed by atoms with Gasteiger partial charge in [-0.25, -0.2) is 4.79 Å². The quantitative estimate of drug-likeness (QED) is 0.564. The lowest BCUT2D eigenvalue weighted by molar-refractivity contribution is 0.0211. The molecular formula is C22H22N2O5S. The molecule has 1 saturated carbocycles. The van der Waals surface area contributed by atoms with Crippen molar-refractivity contribution in [3.63, 3.8) is 0 Å². The van der Waals surface area contributed by atoms with E-state index in [0.29, 0.717) is 28.3 Å². The van der Waals surface area contributed by atoms with Crippen LogP contribution in [0, 0.1) is 0 Å². The van der Waals surface area contributed by atoms with E-state index in [4.69, 9.17) is 26.4 Å². The highest BCUT2D eigenvalue weighted by Gasteiger charge is 2.19. The second-order valence-corrected chi connectivity index (χ2v) is 7.63. The predicted molar refractivity (Wildman–Crippen MR) is 115 cm³/mol. The van der Waals surface area contributed by atoms with Crippen LogP contribution >= 0.6 is 12.2 Å². The fraction of sp³-hybridized carbons (Fsp3) is 0.318. The van der Waals surface area contributed by atoms with Crippen LogP contribution < -0.4 is 20.1 Å². The summed E-state index contributed by atoms with van der Waals surface area (Å²) in [7, 11) is 0. The largest absolute Gasteiger partial charge is 0.459 e. The Hall–Kier alpha value is -3.13. The number of fused-ring (bicyclic) bond motifs is 1. The van der Waals surface area contributed by atoms with E-state index in [2.05, 4.69) is 10.6 Å². The summed E-state index contributed by atoms with van der Waals surface area (Å²) in [5.74, 6) is 0.456. The van der Waals surface area contributed by atoms with Gasteiger partial charge in [0.15, 0.2) is 16.6 Å². The number of carbonyl (C=O) groups is 2. The van der Waals surface area contributed by atoms with Gasteiger partial charge in [0.25, 0.3) is 5.91 Å². The van der Waals surface area contributed by atoms with Crippen molar-refractivity contribution in [2.24, 2.45) is 0 Å². The van der Waals surface area contributed by atoms with Crippen LogP contribution in [0.4, 0.5) is 5.69 Å². The molecule has 4 rings (SSSR count). The van der Waals surface area contributed by atoms with Crippen molar-refractivity contribution in [2.75, 3.05) is 12.1 Å². The first-order valence-corrected chi connectivity index (χ1v) is 10.3. The maximum Gasteiger partial charge on any atom is 0.338 e. The molecule has 8 heteroatoms. The number of amides is 1. The van der Waals surface area contributed by atoms with Crippen molar-refractivity contribution in [1.29, 1.82) is 0 Å². The predicted octanol–water partition coefficient (Wildman–Crippen LogP) is 4.03. The monoisotopic (exact) mass is 426 g/mol. The van der Waals surface area contributed by atoms with Gasteiger partial charge in [-0.15, -0.1) is 0 Å². The number of esters is 1. The summed E-state index contributed by atoms with van der Waals surface area (Å²) in [5, 5.41) is 5.70. The maximum absolute atomic E-state index is 12.4. The molecule has 1 fully saturated rings. The molecule has 2 aliphatic rings. The maximum atomic E-state index is 12.4. The number of carbonyl (C=O) groups excluding carboxylic acids is 2. The van der Waals surface area contributed by atoms with Crippen molar-refractivity contribution < 1.29 is 23.8 Å². The molecule has 1 amide bonds. The van der Waals surface area contributed by atoms with Gasteiger partial charge in [-0.2, -0.15) is 0 Å². The fourth-order valence-corrected chi connectivity index (χ4v) is 3.68. The standard InChI is InChI=1S/C22H22N2O5S/c25-20(15-8-11-18-19(12-15)28-13-27-18)24-22(30)23-16-9-6-14(7-10-16)21(26)29-17-4-2-1-3-5-17/h6-12,17H,1-5,13H2,(H2,23,24,25,30). The second-order valence-electron chi connectivity index (χ2n) is 7.22. The summed E-state index contributed by atoms with van der Waals surface area (Å²) in [5.41, 5.74) is 1.55. The zero-order valence-corrected chi connectivity index (χ0v) is 17.1. The topological polar surface area (TPSA) is 85.9 Å². The lowest BCUT2D eigenvalue weighted by Crippen LogP contribution is -2.34. The highest BCUT2D eigenvalue weighted by molar-refractivity contribution is 7.80. The van der Waals surface area contributed by atoms with Crippen LogP contribution in [0.1, 0.15) is 52.8 Å². The number of nitrogens with one attached hydrogen (secondary N) is 2. The molecule has 0 aromatic heterocycles. The van der Waals surface area contributed by atoms with Gasteiger partial charge >= 0.3 is 5.97 Å². The van der Waals surface area contributed by atoms with Crippen molar-refractivity contribution >= 4 is 34.9 Å². The number of benzene rings is 2. The Morgan fingerprint density at radius 3 is 2.40 bits per heavy atom. The highest BCUT2D eigenvalue weighted by Crippen LogP contribution is 2.32. The van der Waals surface area contributed by atoms with Gasteiger partial charge in [0.2, 0.25) is 6.79 Å². The molecule has 2 aromatic rings. The molecule has 0 saturated heterocycles. The first kappa shape index (κ1) is 20.2. The molecule has 0 atom stereocenters. The van der Waals surface area contributed by atoms with Crippen LogP contribution in [-0.2, 0) is 4.74 Å². The molecule has 0 unspecified atom stereocenters. The smallest absolute Gasteiger partial charge is 0.338 e. The lowest BCUT2D eigenvalue weighted by Gasteiger charge is -2.21. The van der Waals surface area contributed by atoms with Crippen LogP contribution in [0.2, 0.25) is 0 Å². The molecule has 0 radical (unpaired) electrons. The average Bonchev–Trinajstić information content (AvgIpc) is 3.22. The van der Waals surface area contributed by atoms with Crippen LogP contribution in [-0.4, -0.2) is 29.9 Å². The minimum atomic E-state index is -0.363. The molecule has 7 nitrogen and oxygen atoms in total. The van der Waals surface area contributed by atoms with E-state index in [1.54, 1.807) is 42.5 Å². The summed E-state index contributed by atoms with van der Waals surface area (Å²) in [6, 6.07) is 11.7. The van der Waals surface area contributed by atoms with Crippen LogP contribution in [0.25, 0.3) is 0 Å². The van der Waals surface area contributed by atoms with Crippen LogP contribution in [0.5, 0.6) is 11.5 Å². The Labute approximate surface area is 179 Å². The Kier molecular flexibility index (Phi) is 6.13. The van der Waals surface area contributed by atoms with Gasteiger partial charge in [-0.1, -0.05) is 6.42 Å². The summed E-state index contributed by atoms with van der Waals surface area (Å²) < 4.78 is 16.1. The Morgan fingerprint density at radius 1 is 0.933 bits per heavy atom. The Balaban J connectivity index is 1.30. The summed E-state index contributed by atoms with van der Waals surface area (Å²) in [6.45, 7) is 0.143. The Bertz CT molecular complexity index is 955. The summed E-state index contributed by atoms with van der Waals surface area (Å²) >= 11 is 5.21. The van der Waals surface area contributed by atoms with E-state index in [9.17, 15) is 9.59 Å². The molecule has 1 heterocycles. The van der Waals surface area contributed by atoms with E-state index in [1.807, 2.05) is 0 Å². The van der Waals surface area contributed by atoms with Gasteiger partial charge in [-0.05, 0) is 80.4 Å². The summed E-state index contributed by atoms with van der Waals surface area (Å²) in [4.78, 5) is 24.7. The van der Waals surface area contributed by atoms with Crippen molar-refractivity contribution in [1.82, 2.24) is 5.32 Å². The van der Waals surface area contributed by atoms with Gasteiger partial charge in [-0.3, -0.25) is 10.1 Å². The minimum absolute atomic E-state index is 0.0167. The van der Waals surface area contributed by atoms with Gasteiger partial charge in [0.1, 0.15) is 6.10 Å². The zero-order chi connectivity index (χ0) is 20.9. The first-order chi connectivity index (χ1) is 14.6. The fourth-order valence-electron chi connectivity index (χ4n) is 3.47. The van der Waals surface area contributed by atoms with Gasteiger partial charge in [0.05, 0.1) is 5.56 Å². The van der Waals surface area contributed by atoms with Gasteiger partial charge < -0.3 is 19.5 Å². The zero-order valence-electron chi connectivity index (χ0n) is 16.3. The van der Waals surface area contributed by atoms with E-state index in [0.717, 1.165) is 25.7 Å². The molecule has 1 aliphatic heterocycles. The molecule has 0 spiro atoms. The number of hydrogen-bond acceptors (Lipinski definition) is 6. The van der Waals surface area contributed by atoms with Crippen molar-refractivity contribution in [3.8, 4) is 11.5 Å². The summed E-state index contributed by atoms with van der Waals surface area (Å²) in [6.07, 6.45) is 5.31. The number of rotatable bonds is 4. The minimum Gasteiger partial charge on any atom is -0.459 e. The van der Waals surface area contributed by atoms with Crippen molar-refractivity contribution in [3.05, 3.63) is 53.6 Å². The van der Waals surface area contributed by atoms with Crippen LogP contribution in [0.15, 0.2) is 42.5 Å².